The second-order valence-corrected chi connectivity index (χ2v) is 7.18. The Kier molecular flexibility index (Phi) is 5.43. The summed E-state index contributed by atoms with van der Waals surface area (Å²) in [6, 6.07) is 6.62. The molecule has 27 heavy (non-hydrogen) atoms. The molecule has 1 amide bonds. The summed E-state index contributed by atoms with van der Waals surface area (Å²) in [6.07, 6.45) is 7.50. The number of nitrogens with one attached hydrogen (secondary N) is 2. The van der Waals surface area contributed by atoms with Gasteiger partial charge in [-0.3, -0.25) is 4.79 Å². The molecule has 0 bridgehead atoms. The minimum absolute atomic E-state index is 0.0773. The van der Waals surface area contributed by atoms with E-state index in [1.54, 1.807) is 25.2 Å². The standard InChI is InChI=1S/C21H24N4O2/c1-5-13-6-9-15(17(26)10-13)20-16(14-7-8-14)11-18(24-25-20)23-21(27)19(22-4)12(2)3/h1,6,9-12,14,19,22,26H,7-8H2,2-4H3,(H,23,24,27)/t19-/m1/s1. The van der Waals surface area contributed by atoms with E-state index < -0.39 is 0 Å². The van der Waals surface area contributed by atoms with Crippen LogP contribution in [-0.4, -0.2) is 34.3 Å². The zero-order chi connectivity index (χ0) is 19.6. The maximum Gasteiger partial charge on any atom is 0.242 e. The minimum Gasteiger partial charge on any atom is -0.507 e. The summed E-state index contributed by atoms with van der Waals surface area (Å²) < 4.78 is 0. The number of terminal acetylenes is 1. The van der Waals surface area contributed by atoms with Crippen molar-refractivity contribution in [2.24, 2.45) is 5.92 Å². The molecule has 1 aliphatic carbocycles. The van der Waals surface area contributed by atoms with Crippen LogP contribution in [-0.2, 0) is 4.79 Å². The third kappa shape index (κ3) is 4.09. The van der Waals surface area contributed by atoms with Gasteiger partial charge >= 0.3 is 0 Å². The maximum atomic E-state index is 12.5. The van der Waals surface area contributed by atoms with Gasteiger partial charge in [0.05, 0.1) is 6.04 Å². The van der Waals surface area contributed by atoms with Gasteiger partial charge in [-0.1, -0.05) is 19.8 Å². The number of amides is 1. The van der Waals surface area contributed by atoms with E-state index in [1.165, 1.54) is 0 Å². The summed E-state index contributed by atoms with van der Waals surface area (Å²) >= 11 is 0. The van der Waals surface area contributed by atoms with Crippen LogP contribution in [0, 0.1) is 18.3 Å². The smallest absolute Gasteiger partial charge is 0.242 e. The van der Waals surface area contributed by atoms with Crippen molar-refractivity contribution in [3.8, 4) is 29.4 Å². The van der Waals surface area contributed by atoms with E-state index in [0.717, 1.165) is 18.4 Å². The molecule has 6 nitrogen and oxygen atoms in total. The molecule has 6 heteroatoms. The van der Waals surface area contributed by atoms with Gasteiger partial charge in [-0.05, 0) is 61.6 Å². The second-order valence-electron chi connectivity index (χ2n) is 7.18. The Morgan fingerprint density at radius 3 is 2.59 bits per heavy atom. The number of rotatable bonds is 6. The number of carbonyl (C=O) groups is 1. The number of hydrogen-bond donors (Lipinski definition) is 3. The highest BCUT2D eigenvalue weighted by Crippen LogP contribution is 2.45. The molecule has 1 fully saturated rings. The number of phenols is 1. The van der Waals surface area contributed by atoms with E-state index in [1.807, 2.05) is 19.9 Å². The van der Waals surface area contributed by atoms with Crippen molar-refractivity contribution in [2.75, 3.05) is 12.4 Å². The molecule has 1 heterocycles. The van der Waals surface area contributed by atoms with Gasteiger partial charge in [0.25, 0.3) is 0 Å². The molecule has 3 N–H and O–H groups in total. The summed E-state index contributed by atoms with van der Waals surface area (Å²) in [4.78, 5) is 12.5. The minimum atomic E-state index is -0.309. The van der Waals surface area contributed by atoms with Gasteiger partial charge in [-0.2, -0.15) is 0 Å². The number of aromatic nitrogens is 2. The molecular formula is C21H24N4O2. The number of likely N-dealkylation sites (N-methyl/N-ethyl adjacent to an activating group) is 1. The van der Waals surface area contributed by atoms with Crippen LogP contribution in [0.4, 0.5) is 5.82 Å². The molecule has 0 aliphatic heterocycles. The van der Waals surface area contributed by atoms with E-state index in [-0.39, 0.29) is 23.6 Å². The second kappa shape index (κ2) is 7.77. The Balaban J connectivity index is 1.93. The van der Waals surface area contributed by atoms with Crippen molar-refractivity contribution >= 4 is 11.7 Å². The fourth-order valence-corrected chi connectivity index (χ4v) is 3.17. The van der Waals surface area contributed by atoms with Gasteiger partial charge in [-0.25, -0.2) is 0 Å². The predicted molar refractivity (Wildman–Crippen MR) is 105 cm³/mol. The predicted octanol–water partition coefficient (Wildman–Crippen LogP) is 2.89. The zero-order valence-electron chi connectivity index (χ0n) is 15.8. The van der Waals surface area contributed by atoms with E-state index in [4.69, 9.17) is 6.42 Å². The number of hydrogen-bond acceptors (Lipinski definition) is 5. The van der Waals surface area contributed by atoms with Crippen molar-refractivity contribution < 1.29 is 9.90 Å². The van der Waals surface area contributed by atoms with Crippen molar-refractivity contribution in [1.29, 1.82) is 0 Å². The third-order valence-electron chi connectivity index (χ3n) is 4.77. The van der Waals surface area contributed by atoms with Crippen LogP contribution in [0.5, 0.6) is 5.75 Å². The lowest BCUT2D eigenvalue weighted by Crippen LogP contribution is -2.42. The highest BCUT2D eigenvalue weighted by Gasteiger charge is 2.29. The molecular weight excluding hydrogens is 340 g/mol. The number of anilines is 1. The summed E-state index contributed by atoms with van der Waals surface area (Å²) in [6.45, 7) is 3.96. The molecule has 140 valence electrons. The first-order chi connectivity index (χ1) is 12.9. The first kappa shape index (κ1) is 18.9. The quantitative estimate of drug-likeness (QED) is 0.686. The first-order valence-corrected chi connectivity index (χ1v) is 9.10. The fraction of sp³-hybridized carbons (Fsp3) is 0.381. The molecule has 1 atom stereocenters. The van der Waals surface area contributed by atoms with Crippen molar-refractivity contribution in [1.82, 2.24) is 15.5 Å². The molecule has 1 aromatic carbocycles. The summed E-state index contributed by atoms with van der Waals surface area (Å²) in [7, 11) is 1.76. The average molecular weight is 364 g/mol. The summed E-state index contributed by atoms with van der Waals surface area (Å²) in [5.74, 6) is 3.37. The van der Waals surface area contributed by atoms with Gasteiger partial charge in [0, 0.05) is 11.1 Å². The molecule has 0 unspecified atom stereocenters. The monoisotopic (exact) mass is 364 g/mol. The van der Waals surface area contributed by atoms with Crippen molar-refractivity contribution in [2.45, 2.75) is 38.6 Å². The third-order valence-corrected chi connectivity index (χ3v) is 4.77. The lowest BCUT2D eigenvalue weighted by atomic mass is 10.0. The van der Waals surface area contributed by atoms with Gasteiger partial charge in [0.1, 0.15) is 11.4 Å². The van der Waals surface area contributed by atoms with E-state index >= 15 is 0 Å². The van der Waals surface area contributed by atoms with E-state index in [2.05, 4.69) is 26.8 Å². The number of carbonyl (C=O) groups excluding carboxylic acids is 1. The lowest BCUT2D eigenvalue weighted by molar-refractivity contribution is -0.119. The van der Waals surface area contributed by atoms with Gasteiger partial charge in [0.15, 0.2) is 5.82 Å². The number of aromatic hydroxyl groups is 1. The maximum absolute atomic E-state index is 12.5. The molecule has 3 rings (SSSR count). The molecule has 1 saturated carbocycles. The zero-order valence-corrected chi connectivity index (χ0v) is 15.8. The fourth-order valence-electron chi connectivity index (χ4n) is 3.17. The molecule has 0 radical (unpaired) electrons. The van der Waals surface area contributed by atoms with Crippen LogP contribution in [0.3, 0.4) is 0 Å². The highest BCUT2D eigenvalue weighted by atomic mass is 16.3. The Hall–Kier alpha value is -2.91. The molecule has 2 aromatic rings. The van der Waals surface area contributed by atoms with Crippen LogP contribution in [0.1, 0.15) is 43.7 Å². The molecule has 0 spiro atoms. The van der Waals surface area contributed by atoms with Gasteiger partial charge in [0.2, 0.25) is 5.91 Å². The van der Waals surface area contributed by atoms with Gasteiger partial charge < -0.3 is 15.7 Å². The van der Waals surface area contributed by atoms with Gasteiger partial charge in [-0.15, -0.1) is 16.6 Å². The Labute approximate surface area is 159 Å². The Bertz CT molecular complexity index is 898. The Morgan fingerprint density at radius 1 is 1.30 bits per heavy atom. The van der Waals surface area contributed by atoms with Crippen molar-refractivity contribution in [3.63, 3.8) is 0 Å². The number of benzene rings is 1. The Morgan fingerprint density at radius 2 is 2.04 bits per heavy atom. The van der Waals surface area contributed by atoms with Crippen LogP contribution in [0.15, 0.2) is 24.3 Å². The first-order valence-electron chi connectivity index (χ1n) is 9.10. The number of phenolic OH excluding ortho intramolecular Hbond substituents is 1. The van der Waals surface area contributed by atoms with Crippen LogP contribution in [0.2, 0.25) is 0 Å². The van der Waals surface area contributed by atoms with Crippen LogP contribution in [0.25, 0.3) is 11.3 Å². The average Bonchev–Trinajstić information content (AvgIpc) is 3.47. The topological polar surface area (TPSA) is 87.1 Å². The summed E-state index contributed by atoms with van der Waals surface area (Å²) in [5.41, 5.74) is 2.81. The van der Waals surface area contributed by atoms with Crippen molar-refractivity contribution in [3.05, 3.63) is 35.4 Å². The molecule has 1 aromatic heterocycles. The largest absolute Gasteiger partial charge is 0.507 e. The SMILES string of the molecule is C#Cc1ccc(-c2nnc(NC(=O)[C@H](NC)C(C)C)cc2C2CC2)c(O)c1. The van der Waals surface area contributed by atoms with Crippen LogP contribution >= 0.6 is 0 Å². The summed E-state index contributed by atoms with van der Waals surface area (Å²) in [5, 5.41) is 24.7. The molecule has 0 saturated heterocycles. The number of nitrogens with zero attached hydrogens (tertiary/aromatic N) is 2. The van der Waals surface area contributed by atoms with Crippen LogP contribution < -0.4 is 10.6 Å². The normalized spacial score (nSPS) is 14.6. The lowest BCUT2D eigenvalue weighted by Gasteiger charge is -2.19. The van der Waals surface area contributed by atoms with E-state index in [9.17, 15) is 9.90 Å². The highest BCUT2D eigenvalue weighted by molar-refractivity contribution is 5.94. The molecule has 1 aliphatic rings. The van der Waals surface area contributed by atoms with E-state index in [0.29, 0.717) is 28.6 Å².